The third-order valence-electron chi connectivity index (χ3n) is 1.15. The van der Waals surface area contributed by atoms with Gasteiger partial charge in [-0.2, -0.15) is 0 Å². The molecule has 0 fully saturated rings. The summed E-state index contributed by atoms with van der Waals surface area (Å²) in [4.78, 5) is 3.56. The highest BCUT2D eigenvalue weighted by atomic mass is 79.9. The van der Waals surface area contributed by atoms with Crippen LogP contribution in [0.15, 0.2) is 10.7 Å². The Morgan fingerprint density at radius 1 is 1.42 bits per heavy atom. The molecular formula is C6H2BrCl2F2N. The number of rotatable bonds is 1. The highest BCUT2D eigenvalue weighted by Crippen LogP contribution is 2.31. The van der Waals surface area contributed by atoms with E-state index in [2.05, 4.69) is 20.9 Å². The van der Waals surface area contributed by atoms with Crippen molar-refractivity contribution in [3.63, 3.8) is 0 Å². The SMILES string of the molecule is FC(F)c1cc(Cl)c(Cl)nc1Br. The smallest absolute Gasteiger partial charge is 0.227 e. The molecule has 1 heterocycles. The van der Waals surface area contributed by atoms with Gasteiger partial charge in [0, 0.05) is 0 Å². The van der Waals surface area contributed by atoms with Crippen LogP contribution in [-0.4, -0.2) is 4.98 Å². The highest BCUT2D eigenvalue weighted by molar-refractivity contribution is 9.10. The van der Waals surface area contributed by atoms with Gasteiger partial charge < -0.3 is 0 Å². The van der Waals surface area contributed by atoms with Crippen LogP contribution < -0.4 is 0 Å². The minimum Gasteiger partial charge on any atom is -0.227 e. The summed E-state index contributed by atoms with van der Waals surface area (Å²) in [6, 6.07) is 1.09. The van der Waals surface area contributed by atoms with Crippen LogP contribution in [0.3, 0.4) is 0 Å². The quantitative estimate of drug-likeness (QED) is 0.704. The van der Waals surface area contributed by atoms with Gasteiger partial charge in [-0.25, -0.2) is 13.8 Å². The Labute approximate surface area is 85.8 Å². The van der Waals surface area contributed by atoms with Crippen LogP contribution in [0, 0.1) is 0 Å². The van der Waals surface area contributed by atoms with E-state index in [1.165, 1.54) is 0 Å². The molecule has 0 radical (unpaired) electrons. The Morgan fingerprint density at radius 2 is 2.00 bits per heavy atom. The first-order chi connectivity index (χ1) is 5.52. The van der Waals surface area contributed by atoms with Gasteiger partial charge in [0.15, 0.2) is 0 Å². The van der Waals surface area contributed by atoms with Gasteiger partial charge in [0.25, 0.3) is 6.43 Å². The lowest BCUT2D eigenvalue weighted by Crippen LogP contribution is -1.90. The topological polar surface area (TPSA) is 12.9 Å². The molecule has 0 saturated heterocycles. The molecular weight excluding hydrogens is 275 g/mol. The van der Waals surface area contributed by atoms with E-state index in [-0.39, 0.29) is 20.3 Å². The van der Waals surface area contributed by atoms with Crippen LogP contribution >= 0.6 is 39.1 Å². The normalized spacial score (nSPS) is 10.8. The molecule has 1 aromatic heterocycles. The zero-order chi connectivity index (χ0) is 9.30. The fraction of sp³-hybridized carbons (Fsp3) is 0.167. The molecule has 0 unspecified atom stereocenters. The molecule has 0 aliphatic heterocycles. The molecule has 0 aliphatic rings. The fourth-order valence-corrected chi connectivity index (χ4v) is 1.48. The van der Waals surface area contributed by atoms with Crippen LogP contribution in [0.25, 0.3) is 0 Å². The molecule has 0 amide bonds. The van der Waals surface area contributed by atoms with Gasteiger partial charge in [-0.3, -0.25) is 0 Å². The van der Waals surface area contributed by atoms with Crippen molar-refractivity contribution in [3.05, 3.63) is 26.4 Å². The molecule has 0 aromatic carbocycles. The third-order valence-corrected chi connectivity index (χ3v) is 2.46. The van der Waals surface area contributed by atoms with Gasteiger partial charge in [-0.15, -0.1) is 0 Å². The third kappa shape index (κ3) is 2.06. The van der Waals surface area contributed by atoms with Crippen molar-refractivity contribution in [1.82, 2.24) is 4.98 Å². The molecule has 0 saturated carbocycles. The van der Waals surface area contributed by atoms with Gasteiger partial charge in [0.2, 0.25) is 0 Å². The maximum atomic E-state index is 12.2. The minimum absolute atomic E-state index is 0.00735. The largest absolute Gasteiger partial charge is 0.266 e. The lowest BCUT2D eigenvalue weighted by Gasteiger charge is -2.03. The number of hydrogen-bond donors (Lipinski definition) is 0. The second kappa shape index (κ2) is 3.85. The lowest BCUT2D eigenvalue weighted by atomic mass is 10.3. The average molecular weight is 277 g/mol. The van der Waals surface area contributed by atoms with E-state index in [0.29, 0.717) is 0 Å². The second-order valence-electron chi connectivity index (χ2n) is 1.94. The minimum atomic E-state index is -2.61. The molecule has 0 bridgehead atoms. The number of aromatic nitrogens is 1. The lowest BCUT2D eigenvalue weighted by molar-refractivity contribution is 0.150. The maximum Gasteiger partial charge on any atom is 0.266 e. The van der Waals surface area contributed by atoms with Gasteiger partial charge >= 0.3 is 0 Å². The van der Waals surface area contributed by atoms with Crippen molar-refractivity contribution in [1.29, 1.82) is 0 Å². The molecule has 0 aliphatic carbocycles. The van der Waals surface area contributed by atoms with Gasteiger partial charge in [0.1, 0.15) is 9.76 Å². The number of pyridine rings is 1. The van der Waals surface area contributed by atoms with Crippen molar-refractivity contribution in [2.45, 2.75) is 6.43 Å². The molecule has 0 spiro atoms. The number of halogens is 5. The molecule has 0 N–H and O–H groups in total. The second-order valence-corrected chi connectivity index (χ2v) is 3.46. The van der Waals surface area contributed by atoms with Gasteiger partial charge in [-0.1, -0.05) is 23.2 Å². The Morgan fingerprint density at radius 3 is 2.50 bits per heavy atom. The molecule has 1 aromatic rings. The predicted molar refractivity (Wildman–Crippen MR) is 46.9 cm³/mol. The Hall–Kier alpha value is 0.0700. The maximum absolute atomic E-state index is 12.2. The molecule has 66 valence electrons. The van der Waals surface area contributed by atoms with Crippen LogP contribution in [-0.2, 0) is 0 Å². The standard InChI is InChI=1S/C6H2BrCl2F2N/c7-4-2(6(10)11)1-3(8)5(9)12-4/h1,6H. The van der Waals surface area contributed by atoms with Crippen LogP contribution in [0.4, 0.5) is 8.78 Å². The number of hydrogen-bond acceptors (Lipinski definition) is 1. The first-order valence-corrected chi connectivity index (χ1v) is 4.37. The Bertz CT molecular complexity index is 306. The zero-order valence-corrected chi connectivity index (χ0v) is 8.59. The van der Waals surface area contributed by atoms with E-state index in [4.69, 9.17) is 23.2 Å². The van der Waals surface area contributed by atoms with Crippen molar-refractivity contribution >= 4 is 39.1 Å². The van der Waals surface area contributed by atoms with E-state index >= 15 is 0 Å². The van der Waals surface area contributed by atoms with E-state index in [1.807, 2.05) is 0 Å². The van der Waals surface area contributed by atoms with Crippen LogP contribution in [0.5, 0.6) is 0 Å². The molecule has 0 atom stereocenters. The molecule has 12 heavy (non-hydrogen) atoms. The molecule has 6 heteroatoms. The molecule has 1 rings (SSSR count). The Balaban J connectivity index is 3.23. The summed E-state index contributed by atoms with van der Waals surface area (Å²) in [6.45, 7) is 0. The Kier molecular flexibility index (Phi) is 3.26. The van der Waals surface area contributed by atoms with Crippen molar-refractivity contribution in [3.8, 4) is 0 Å². The summed E-state index contributed by atoms with van der Waals surface area (Å²) in [6.07, 6.45) is -2.61. The zero-order valence-electron chi connectivity index (χ0n) is 5.49. The van der Waals surface area contributed by atoms with Crippen molar-refractivity contribution in [2.24, 2.45) is 0 Å². The van der Waals surface area contributed by atoms with Crippen molar-refractivity contribution < 1.29 is 8.78 Å². The summed E-state index contributed by atoms with van der Waals surface area (Å²) in [5.74, 6) is 0. The van der Waals surface area contributed by atoms with Gasteiger partial charge in [0.05, 0.1) is 10.6 Å². The summed E-state index contributed by atoms with van der Waals surface area (Å²) in [5.41, 5.74) is -0.260. The molecule has 1 nitrogen and oxygen atoms in total. The van der Waals surface area contributed by atoms with E-state index in [1.54, 1.807) is 0 Å². The first-order valence-electron chi connectivity index (χ1n) is 2.82. The van der Waals surface area contributed by atoms with E-state index < -0.39 is 6.43 Å². The average Bonchev–Trinajstić information content (AvgIpc) is 1.96. The summed E-state index contributed by atoms with van der Waals surface area (Å²) >= 11 is 13.8. The predicted octanol–water partition coefficient (Wildman–Crippen LogP) is 4.09. The number of nitrogens with zero attached hydrogens (tertiary/aromatic N) is 1. The number of alkyl halides is 2. The van der Waals surface area contributed by atoms with E-state index in [0.717, 1.165) is 6.07 Å². The summed E-state index contributed by atoms with van der Waals surface area (Å²) in [5, 5.41) is 0.0307. The first kappa shape index (κ1) is 10.2. The van der Waals surface area contributed by atoms with Crippen molar-refractivity contribution in [2.75, 3.05) is 0 Å². The van der Waals surface area contributed by atoms with Crippen LogP contribution in [0.2, 0.25) is 10.2 Å². The summed E-state index contributed by atoms with van der Waals surface area (Å²) < 4.78 is 24.4. The monoisotopic (exact) mass is 275 g/mol. The van der Waals surface area contributed by atoms with Gasteiger partial charge in [-0.05, 0) is 22.0 Å². The summed E-state index contributed by atoms with van der Waals surface area (Å²) in [7, 11) is 0. The van der Waals surface area contributed by atoms with E-state index in [9.17, 15) is 8.78 Å². The fourth-order valence-electron chi connectivity index (χ4n) is 0.613. The highest BCUT2D eigenvalue weighted by Gasteiger charge is 2.15. The van der Waals surface area contributed by atoms with Crippen LogP contribution in [0.1, 0.15) is 12.0 Å².